The summed E-state index contributed by atoms with van der Waals surface area (Å²) in [6, 6.07) is 3.24. The molecule has 0 saturated carbocycles. The number of nitrogens with two attached hydrogens (primary N) is 1. The number of alkyl halides is 3. The average molecular weight is 492 g/mol. The Morgan fingerprint density at radius 2 is 2.00 bits per heavy atom. The van der Waals surface area contributed by atoms with Crippen molar-refractivity contribution in [1.82, 2.24) is 0 Å². The smallest absolute Gasteiger partial charge is 0.417 e. The van der Waals surface area contributed by atoms with Gasteiger partial charge in [0, 0.05) is 29.5 Å². The molecular weight excluding hydrogens is 469 g/mol. The molecule has 1 fully saturated rings. The van der Waals surface area contributed by atoms with Crippen LogP contribution in [-0.2, 0) is 9.53 Å². The molecule has 0 radical (unpaired) electrons. The lowest BCUT2D eigenvalue weighted by atomic mass is 9.77. The number of ether oxygens (including phenoxy) is 2. The minimum Gasteiger partial charge on any atom is -0.618 e. The number of primary amides is 1. The Bertz CT molecular complexity index is 1240. The first-order chi connectivity index (χ1) is 16.9. The molecule has 0 bridgehead atoms. The van der Waals surface area contributed by atoms with Crippen LogP contribution in [0.15, 0.2) is 30.5 Å². The Hall–Kier alpha value is -3.48. The summed E-state index contributed by atoms with van der Waals surface area (Å²) in [6.07, 6.45) is -6.28. The van der Waals surface area contributed by atoms with Crippen LogP contribution in [0.2, 0.25) is 0 Å². The number of pyridine rings is 1. The lowest BCUT2D eigenvalue weighted by Crippen LogP contribution is -2.47. The van der Waals surface area contributed by atoms with E-state index in [9.17, 15) is 36.7 Å². The first-order valence-electron chi connectivity index (χ1n) is 11.1. The molecule has 3 N–H and O–H groups in total. The third-order valence-corrected chi connectivity index (χ3v) is 5.91. The van der Waals surface area contributed by atoms with Gasteiger partial charge in [0.2, 0.25) is 5.82 Å². The Morgan fingerprint density at radius 1 is 1.32 bits per heavy atom. The van der Waals surface area contributed by atoms with Gasteiger partial charge in [-0.3, -0.25) is 9.59 Å². The second-order valence-corrected chi connectivity index (χ2v) is 7.82. The number of nitrogens with one attached hydrogen (secondary N) is 1. The van der Waals surface area contributed by atoms with E-state index in [1.807, 2.05) is 0 Å². The molecule has 2 heterocycles. The van der Waals surface area contributed by atoms with Crippen molar-refractivity contribution < 1.29 is 49.9 Å². The Kier molecular flexibility index (Phi) is 5.40. The van der Waals surface area contributed by atoms with Gasteiger partial charge in [-0.1, -0.05) is 13.0 Å². The first-order valence-corrected chi connectivity index (χ1v) is 9.62. The molecule has 4 atom stereocenters. The minimum atomic E-state index is -5.05. The van der Waals surface area contributed by atoms with Crippen molar-refractivity contribution in [2.75, 3.05) is 12.4 Å². The van der Waals surface area contributed by atoms with E-state index in [1.54, 1.807) is 0 Å². The highest BCUT2D eigenvalue weighted by molar-refractivity contribution is 5.97. The quantitative estimate of drug-likeness (QED) is 0.378. The number of rotatable bonds is 5. The number of hydrogen-bond donors (Lipinski definition) is 2. The van der Waals surface area contributed by atoms with E-state index in [4.69, 9.17) is 14.6 Å². The number of carbonyl (C=O) groups excluding carboxylic acids is 2. The van der Waals surface area contributed by atoms with Crippen LogP contribution in [0.25, 0.3) is 0 Å². The number of methoxy groups -OCH3 is 1. The molecule has 1 aromatic heterocycles. The molecule has 3 rings (SSSR count). The number of benzene rings is 1. The predicted molar refractivity (Wildman–Crippen MR) is 107 cm³/mol. The monoisotopic (exact) mass is 492 g/mol. The number of carbonyl (C=O) groups is 2. The summed E-state index contributed by atoms with van der Waals surface area (Å²) in [6.45, 7) is 1.69. The van der Waals surface area contributed by atoms with Gasteiger partial charge in [-0.15, -0.1) is 0 Å². The number of halogens is 5. The predicted octanol–water partition coefficient (Wildman–Crippen LogP) is 2.78. The molecule has 2 amide bonds. The van der Waals surface area contributed by atoms with Gasteiger partial charge in [-0.25, -0.2) is 4.39 Å². The number of hydrogen-bond acceptors (Lipinski definition) is 5. The fraction of sp³-hybridized carbons (Fsp3) is 0.381. The summed E-state index contributed by atoms with van der Waals surface area (Å²) < 4.78 is 102. The van der Waals surface area contributed by atoms with Gasteiger partial charge in [0.15, 0.2) is 23.4 Å². The van der Waals surface area contributed by atoms with E-state index in [2.05, 4.69) is 10.1 Å². The van der Waals surface area contributed by atoms with Crippen LogP contribution in [0, 0.1) is 22.8 Å². The molecule has 184 valence electrons. The van der Waals surface area contributed by atoms with Crippen molar-refractivity contribution >= 4 is 17.5 Å². The Morgan fingerprint density at radius 3 is 2.59 bits per heavy atom. The molecule has 1 aliphatic rings. The molecular formula is C21H20F5N3O5. The highest BCUT2D eigenvalue weighted by Gasteiger charge is 2.65. The zero-order valence-electron chi connectivity index (χ0n) is 20.6. The number of nitrogens with zero attached hydrogens (tertiary/aromatic N) is 1. The van der Waals surface area contributed by atoms with Gasteiger partial charge in [-0.2, -0.15) is 22.3 Å². The maximum absolute atomic E-state index is 14.6. The molecule has 34 heavy (non-hydrogen) atoms. The van der Waals surface area contributed by atoms with Crippen LogP contribution in [0.4, 0.5) is 27.6 Å². The summed E-state index contributed by atoms with van der Waals surface area (Å²) in [4.78, 5) is 24.6. The molecule has 8 nitrogen and oxygen atoms in total. The van der Waals surface area contributed by atoms with E-state index in [0.717, 1.165) is 31.3 Å². The standard InChI is InChI=1S/C21H20F5N3O5/c1-9-14(11-4-5-12(22)15(23)16(11)33-3)17(34-20(9,2)21(24,25)26)19(31)28-10-6-7-29(32)13(8-10)18(27)30/h4-9,14,17H,1-3H3,(H2,27,30)(H,28,31)/t9-,14-,17-,20?/m1/s1/i3D3. The lowest BCUT2D eigenvalue weighted by Gasteiger charge is -2.32. The highest BCUT2D eigenvalue weighted by Crippen LogP contribution is 2.55. The van der Waals surface area contributed by atoms with Crippen LogP contribution in [0.3, 0.4) is 0 Å². The molecule has 1 saturated heterocycles. The first kappa shape index (κ1) is 21.1. The molecule has 13 heteroatoms. The van der Waals surface area contributed by atoms with Gasteiger partial charge in [0.25, 0.3) is 11.6 Å². The minimum absolute atomic E-state index is 0.0926. The van der Waals surface area contributed by atoms with E-state index in [0.29, 0.717) is 13.0 Å². The molecule has 0 aliphatic carbocycles. The molecule has 1 unspecified atom stereocenters. The maximum Gasteiger partial charge on any atom is 0.417 e. The van der Waals surface area contributed by atoms with Crippen LogP contribution >= 0.6 is 0 Å². The van der Waals surface area contributed by atoms with Crippen LogP contribution in [0.5, 0.6) is 5.75 Å². The van der Waals surface area contributed by atoms with E-state index < -0.39 is 77.2 Å². The zero-order valence-corrected chi connectivity index (χ0v) is 17.6. The average Bonchev–Trinajstić information content (AvgIpc) is 3.04. The lowest BCUT2D eigenvalue weighted by molar-refractivity contribution is -0.607. The van der Waals surface area contributed by atoms with Gasteiger partial charge >= 0.3 is 12.1 Å². The topological polar surface area (TPSA) is 118 Å². The van der Waals surface area contributed by atoms with Gasteiger partial charge in [-0.05, 0) is 13.0 Å². The van der Waals surface area contributed by atoms with Crippen LogP contribution in [0.1, 0.15) is 39.9 Å². The van der Waals surface area contributed by atoms with Crippen molar-refractivity contribution in [1.29, 1.82) is 0 Å². The summed E-state index contributed by atoms with van der Waals surface area (Å²) >= 11 is 0. The van der Waals surface area contributed by atoms with E-state index in [-0.39, 0.29) is 10.4 Å². The summed E-state index contributed by atoms with van der Waals surface area (Å²) in [7, 11) is -3.32. The Labute approximate surface area is 194 Å². The third-order valence-electron chi connectivity index (χ3n) is 5.91. The van der Waals surface area contributed by atoms with Gasteiger partial charge in [0.1, 0.15) is 6.10 Å². The van der Waals surface area contributed by atoms with Crippen molar-refractivity contribution in [3.05, 3.63) is 58.6 Å². The summed E-state index contributed by atoms with van der Waals surface area (Å²) in [5, 5.41) is 13.9. The molecule has 0 spiro atoms. The Balaban J connectivity index is 2.13. The second-order valence-electron chi connectivity index (χ2n) is 7.82. The SMILES string of the molecule is [2H]C([2H])([2H])Oc1c([C@H]2[C@@H](C)C(C)(C(F)(F)F)O[C@H]2C(=O)Nc2cc[n+]([O-])c(C(N)=O)c2)ccc(F)c1F. The number of amides is 2. The summed E-state index contributed by atoms with van der Waals surface area (Å²) in [5.74, 6) is -10.2. The van der Waals surface area contributed by atoms with Crippen molar-refractivity contribution in [2.24, 2.45) is 11.7 Å². The third kappa shape index (κ3) is 4.11. The van der Waals surface area contributed by atoms with Crippen molar-refractivity contribution in [3.8, 4) is 5.75 Å². The van der Waals surface area contributed by atoms with Gasteiger partial charge in [0.05, 0.1) is 16.8 Å². The van der Waals surface area contributed by atoms with E-state index >= 15 is 0 Å². The highest BCUT2D eigenvalue weighted by atomic mass is 19.4. The normalized spacial score (nSPS) is 26.3. The van der Waals surface area contributed by atoms with Crippen LogP contribution in [-0.4, -0.2) is 36.7 Å². The van der Waals surface area contributed by atoms with Gasteiger partial charge < -0.3 is 25.7 Å². The number of anilines is 1. The molecule has 1 aromatic carbocycles. The van der Waals surface area contributed by atoms with Crippen molar-refractivity contribution in [2.45, 2.75) is 37.6 Å². The second kappa shape index (κ2) is 8.70. The maximum atomic E-state index is 14.6. The summed E-state index contributed by atoms with van der Waals surface area (Å²) in [5.41, 5.74) is 0.723. The van der Waals surface area contributed by atoms with E-state index in [1.165, 1.54) is 0 Å². The zero-order chi connectivity index (χ0) is 28.1. The fourth-order valence-electron chi connectivity index (χ4n) is 3.89. The largest absolute Gasteiger partial charge is 0.618 e. The van der Waals surface area contributed by atoms with Crippen LogP contribution < -0.4 is 20.5 Å². The molecule has 2 aromatic rings. The molecule has 1 aliphatic heterocycles. The number of aromatic nitrogens is 1. The fourth-order valence-corrected chi connectivity index (χ4v) is 3.89. The van der Waals surface area contributed by atoms with Crippen molar-refractivity contribution in [3.63, 3.8) is 0 Å².